The van der Waals surface area contributed by atoms with Gasteiger partial charge in [-0.3, -0.25) is 4.90 Å². The van der Waals surface area contributed by atoms with Crippen molar-refractivity contribution in [2.24, 2.45) is 0 Å². The lowest BCUT2D eigenvalue weighted by atomic mass is 10.2. The number of aromatic nitrogens is 2. The molecule has 2 fully saturated rings. The summed E-state index contributed by atoms with van der Waals surface area (Å²) < 4.78 is 37.4. The summed E-state index contributed by atoms with van der Waals surface area (Å²) in [5.41, 5.74) is -0.939. The molecule has 1 saturated heterocycles. The molecule has 1 atom stereocenters. The topological polar surface area (TPSA) is 32.3 Å². The van der Waals surface area contributed by atoms with Crippen molar-refractivity contribution in [3.8, 4) is 0 Å². The molecule has 1 aliphatic carbocycles. The lowest BCUT2D eigenvalue weighted by Gasteiger charge is -2.40. The standard InChI is InChI=1S/C13H17F3N4/c1-9-8-19(10-2-3-10)6-7-20(9)12-5-4-11(17-18-12)13(14,15)16/h4-5,9-10H,2-3,6-8H2,1H3. The number of piperazine rings is 1. The fraction of sp³-hybridized carbons (Fsp3) is 0.692. The van der Waals surface area contributed by atoms with Crippen LogP contribution in [0.4, 0.5) is 19.0 Å². The molecule has 1 saturated carbocycles. The average Bonchev–Trinajstić information content (AvgIpc) is 3.22. The molecule has 2 aliphatic rings. The van der Waals surface area contributed by atoms with Crippen molar-refractivity contribution in [3.05, 3.63) is 17.8 Å². The average molecular weight is 286 g/mol. The van der Waals surface area contributed by atoms with Gasteiger partial charge in [0.25, 0.3) is 0 Å². The third kappa shape index (κ3) is 2.72. The number of nitrogens with zero attached hydrogens (tertiary/aromatic N) is 4. The summed E-state index contributed by atoms with van der Waals surface area (Å²) in [5, 5.41) is 7.04. The van der Waals surface area contributed by atoms with Crippen molar-refractivity contribution >= 4 is 5.82 Å². The minimum Gasteiger partial charge on any atom is -0.350 e. The lowest BCUT2D eigenvalue weighted by Crippen LogP contribution is -2.53. The predicted octanol–water partition coefficient (Wildman–Crippen LogP) is 2.17. The summed E-state index contributed by atoms with van der Waals surface area (Å²) in [4.78, 5) is 4.49. The van der Waals surface area contributed by atoms with Gasteiger partial charge in [-0.2, -0.15) is 13.2 Å². The highest BCUT2D eigenvalue weighted by Gasteiger charge is 2.36. The molecule has 1 aliphatic heterocycles. The van der Waals surface area contributed by atoms with Crippen LogP contribution in [0.5, 0.6) is 0 Å². The number of hydrogen-bond acceptors (Lipinski definition) is 4. The Labute approximate surface area is 115 Å². The zero-order valence-electron chi connectivity index (χ0n) is 11.3. The van der Waals surface area contributed by atoms with Gasteiger partial charge in [-0.15, -0.1) is 10.2 Å². The summed E-state index contributed by atoms with van der Waals surface area (Å²) >= 11 is 0. The number of anilines is 1. The van der Waals surface area contributed by atoms with Crippen LogP contribution in [0.3, 0.4) is 0 Å². The van der Waals surface area contributed by atoms with Crippen LogP contribution < -0.4 is 4.90 Å². The third-order valence-corrected chi connectivity index (χ3v) is 3.96. The van der Waals surface area contributed by atoms with Crippen LogP contribution >= 0.6 is 0 Å². The summed E-state index contributed by atoms with van der Waals surface area (Å²) in [6, 6.07) is 3.38. The SMILES string of the molecule is CC1CN(C2CC2)CCN1c1ccc(C(F)(F)F)nn1. The Hall–Kier alpha value is -1.37. The quantitative estimate of drug-likeness (QED) is 0.834. The Morgan fingerprint density at radius 1 is 1.15 bits per heavy atom. The van der Waals surface area contributed by atoms with E-state index in [4.69, 9.17) is 0 Å². The number of hydrogen-bond donors (Lipinski definition) is 0. The van der Waals surface area contributed by atoms with E-state index in [1.807, 2.05) is 4.90 Å². The van der Waals surface area contributed by atoms with Gasteiger partial charge in [0.05, 0.1) is 0 Å². The minimum absolute atomic E-state index is 0.246. The second-order valence-corrected chi connectivity index (χ2v) is 5.54. The maximum Gasteiger partial charge on any atom is 0.435 e. The van der Waals surface area contributed by atoms with Crippen LogP contribution in [0.1, 0.15) is 25.5 Å². The first-order chi connectivity index (χ1) is 9.45. The van der Waals surface area contributed by atoms with Gasteiger partial charge in [0.2, 0.25) is 0 Å². The van der Waals surface area contributed by atoms with E-state index in [0.717, 1.165) is 31.7 Å². The first kappa shape index (κ1) is 13.6. The lowest BCUT2D eigenvalue weighted by molar-refractivity contribution is -0.141. The minimum atomic E-state index is -4.43. The maximum absolute atomic E-state index is 12.5. The van der Waals surface area contributed by atoms with Gasteiger partial charge in [-0.25, -0.2) is 0 Å². The smallest absolute Gasteiger partial charge is 0.350 e. The molecule has 0 amide bonds. The molecule has 1 aromatic rings. The summed E-state index contributed by atoms with van der Waals surface area (Å²) in [5.74, 6) is 0.529. The van der Waals surface area contributed by atoms with E-state index < -0.39 is 11.9 Å². The second kappa shape index (κ2) is 4.87. The molecule has 0 radical (unpaired) electrons. The molecule has 0 N–H and O–H groups in total. The number of rotatable bonds is 2. The van der Waals surface area contributed by atoms with Gasteiger partial charge < -0.3 is 4.90 Å². The molecule has 110 valence electrons. The number of alkyl halides is 3. The van der Waals surface area contributed by atoms with Crippen molar-refractivity contribution < 1.29 is 13.2 Å². The molecule has 0 bridgehead atoms. The summed E-state index contributed by atoms with van der Waals surface area (Å²) in [6.45, 7) is 4.75. The van der Waals surface area contributed by atoms with Gasteiger partial charge in [0, 0.05) is 31.7 Å². The van der Waals surface area contributed by atoms with Crippen molar-refractivity contribution in [1.82, 2.24) is 15.1 Å². The third-order valence-electron chi connectivity index (χ3n) is 3.96. The van der Waals surface area contributed by atoms with E-state index >= 15 is 0 Å². The molecular formula is C13H17F3N4. The van der Waals surface area contributed by atoms with Crippen molar-refractivity contribution in [2.45, 2.75) is 38.0 Å². The van der Waals surface area contributed by atoms with Crippen molar-refractivity contribution in [3.63, 3.8) is 0 Å². The number of halogens is 3. The zero-order chi connectivity index (χ0) is 14.3. The van der Waals surface area contributed by atoms with E-state index in [9.17, 15) is 13.2 Å². The molecule has 1 aromatic heterocycles. The van der Waals surface area contributed by atoms with E-state index in [1.165, 1.54) is 18.9 Å². The zero-order valence-corrected chi connectivity index (χ0v) is 11.3. The van der Waals surface area contributed by atoms with Crippen LogP contribution in [0.15, 0.2) is 12.1 Å². The Bertz CT molecular complexity index is 469. The van der Waals surface area contributed by atoms with E-state index in [2.05, 4.69) is 22.0 Å². The van der Waals surface area contributed by atoms with Crippen molar-refractivity contribution in [1.29, 1.82) is 0 Å². The Morgan fingerprint density at radius 3 is 2.40 bits per heavy atom. The largest absolute Gasteiger partial charge is 0.435 e. The monoisotopic (exact) mass is 286 g/mol. The highest BCUT2D eigenvalue weighted by molar-refractivity contribution is 5.39. The normalized spacial score (nSPS) is 25.0. The highest BCUT2D eigenvalue weighted by atomic mass is 19.4. The summed E-state index contributed by atoms with van der Waals surface area (Å²) in [6.07, 6.45) is -1.89. The van der Waals surface area contributed by atoms with Crippen LogP contribution in [0.25, 0.3) is 0 Å². The second-order valence-electron chi connectivity index (χ2n) is 5.54. The molecule has 0 spiro atoms. The van der Waals surface area contributed by atoms with Gasteiger partial charge in [-0.1, -0.05) is 0 Å². The van der Waals surface area contributed by atoms with E-state index in [-0.39, 0.29) is 6.04 Å². The van der Waals surface area contributed by atoms with Crippen LogP contribution in [-0.4, -0.2) is 46.8 Å². The van der Waals surface area contributed by atoms with Gasteiger partial charge >= 0.3 is 6.18 Å². The maximum atomic E-state index is 12.5. The van der Waals surface area contributed by atoms with Crippen LogP contribution in [0.2, 0.25) is 0 Å². The molecule has 20 heavy (non-hydrogen) atoms. The fourth-order valence-corrected chi connectivity index (χ4v) is 2.73. The fourth-order valence-electron chi connectivity index (χ4n) is 2.73. The first-order valence-electron chi connectivity index (χ1n) is 6.87. The van der Waals surface area contributed by atoms with Gasteiger partial charge in [-0.05, 0) is 31.9 Å². The molecule has 3 rings (SSSR count). The Balaban J connectivity index is 1.69. The van der Waals surface area contributed by atoms with Gasteiger partial charge in [0.1, 0.15) is 0 Å². The molecule has 2 heterocycles. The summed E-state index contributed by atoms with van der Waals surface area (Å²) in [7, 11) is 0. The van der Waals surface area contributed by atoms with Crippen molar-refractivity contribution in [2.75, 3.05) is 24.5 Å². The molecular weight excluding hydrogens is 269 g/mol. The van der Waals surface area contributed by atoms with Crippen LogP contribution in [0, 0.1) is 0 Å². The molecule has 1 unspecified atom stereocenters. The highest BCUT2D eigenvalue weighted by Crippen LogP contribution is 2.31. The Morgan fingerprint density at radius 2 is 1.90 bits per heavy atom. The van der Waals surface area contributed by atoms with Crippen LogP contribution in [-0.2, 0) is 6.18 Å². The molecule has 4 nitrogen and oxygen atoms in total. The molecule has 7 heteroatoms. The van der Waals surface area contributed by atoms with E-state index in [1.54, 1.807) is 0 Å². The first-order valence-corrected chi connectivity index (χ1v) is 6.87. The molecule has 0 aromatic carbocycles. The Kier molecular flexibility index (Phi) is 3.32. The van der Waals surface area contributed by atoms with Gasteiger partial charge in [0.15, 0.2) is 11.5 Å². The van der Waals surface area contributed by atoms with E-state index in [0.29, 0.717) is 5.82 Å². The predicted molar refractivity (Wildman–Crippen MR) is 68.4 cm³/mol.